The van der Waals surface area contributed by atoms with E-state index in [0.29, 0.717) is 12.4 Å². The van der Waals surface area contributed by atoms with Crippen LogP contribution in [0.25, 0.3) is 0 Å². The minimum Gasteiger partial charge on any atom is -0.478 e. The van der Waals surface area contributed by atoms with Crippen LogP contribution < -0.4 is 4.74 Å². The van der Waals surface area contributed by atoms with Crippen LogP contribution in [0.3, 0.4) is 0 Å². The largest absolute Gasteiger partial charge is 0.478 e. The minimum atomic E-state index is -0.949. The third-order valence-corrected chi connectivity index (χ3v) is 2.49. The molecule has 1 aromatic carbocycles. The zero-order chi connectivity index (χ0) is 11.4. The van der Waals surface area contributed by atoms with Gasteiger partial charge in [-0.25, -0.2) is 4.79 Å². The second kappa shape index (κ2) is 4.99. The van der Waals surface area contributed by atoms with E-state index in [-0.39, 0.29) is 11.9 Å². The molecule has 0 aromatic heterocycles. The van der Waals surface area contributed by atoms with E-state index < -0.39 is 5.97 Å². The summed E-state index contributed by atoms with van der Waals surface area (Å²) in [5, 5.41) is 8.83. The monoisotopic (exact) mass is 222 g/mol. The van der Waals surface area contributed by atoms with Crippen molar-refractivity contribution in [2.75, 3.05) is 6.61 Å². The second-order valence-corrected chi connectivity index (χ2v) is 3.75. The van der Waals surface area contributed by atoms with E-state index in [1.165, 1.54) is 12.1 Å². The molecule has 1 aromatic rings. The van der Waals surface area contributed by atoms with Crippen LogP contribution in [0.5, 0.6) is 5.75 Å². The van der Waals surface area contributed by atoms with Crippen molar-refractivity contribution in [2.45, 2.75) is 25.6 Å². The molecule has 4 nitrogen and oxygen atoms in total. The van der Waals surface area contributed by atoms with Gasteiger partial charge in [0.05, 0.1) is 12.2 Å². The zero-order valence-electron chi connectivity index (χ0n) is 8.89. The van der Waals surface area contributed by atoms with E-state index in [9.17, 15) is 4.79 Å². The summed E-state index contributed by atoms with van der Waals surface area (Å²) in [6.07, 6.45) is 2.77. The van der Waals surface area contributed by atoms with Crippen molar-refractivity contribution in [2.24, 2.45) is 0 Å². The second-order valence-electron chi connectivity index (χ2n) is 3.75. The predicted molar refractivity (Wildman–Crippen MR) is 57.6 cm³/mol. The highest BCUT2D eigenvalue weighted by atomic mass is 16.7. The Hall–Kier alpha value is -1.55. The van der Waals surface area contributed by atoms with Gasteiger partial charge in [0.1, 0.15) is 5.75 Å². The van der Waals surface area contributed by atoms with Crippen LogP contribution >= 0.6 is 0 Å². The van der Waals surface area contributed by atoms with Crippen LogP contribution in [-0.4, -0.2) is 24.0 Å². The molecule has 1 unspecified atom stereocenters. The lowest BCUT2D eigenvalue weighted by Gasteiger charge is -2.23. The molecule has 2 rings (SSSR count). The van der Waals surface area contributed by atoms with Gasteiger partial charge in [-0.15, -0.1) is 0 Å². The van der Waals surface area contributed by atoms with Gasteiger partial charge in [-0.05, 0) is 31.0 Å². The average Bonchev–Trinajstić information content (AvgIpc) is 2.30. The van der Waals surface area contributed by atoms with Gasteiger partial charge in [-0.1, -0.05) is 6.07 Å². The summed E-state index contributed by atoms with van der Waals surface area (Å²) >= 11 is 0. The van der Waals surface area contributed by atoms with E-state index in [0.717, 1.165) is 19.3 Å². The molecule has 1 aliphatic rings. The Balaban J connectivity index is 2.02. The topological polar surface area (TPSA) is 55.8 Å². The lowest BCUT2D eigenvalue weighted by atomic mass is 10.2. The number of carbonyl (C=O) groups is 1. The Morgan fingerprint density at radius 3 is 3.00 bits per heavy atom. The highest BCUT2D eigenvalue weighted by Gasteiger charge is 2.15. The van der Waals surface area contributed by atoms with Crippen molar-refractivity contribution in [1.82, 2.24) is 0 Å². The number of aromatic carboxylic acids is 1. The molecule has 0 saturated carbocycles. The molecule has 0 amide bonds. The maximum Gasteiger partial charge on any atom is 0.335 e. The number of rotatable bonds is 3. The molecule has 1 aliphatic heterocycles. The maximum absolute atomic E-state index is 10.8. The first-order valence-corrected chi connectivity index (χ1v) is 5.37. The van der Waals surface area contributed by atoms with Gasteiger partial charge in [0, 0.05) is 6.42 Å². The summed E-state index contributed by atoms with van der Waals surface area (Å²) in [5.41, 5.74) is 0.230. The van der Waals surface area contributed by atoms with Gasteiger partial charge in [-0.2, -0.15) is 0 Å². The molecule has 86 valence electrons. The molecule has 1 N–H and O–H groups in total. The first-order chi connectivity index (χ1) is 7.75. The number of ether oxygens (including phenoxy) is 2. The molecule has 1 atom stereocenters. The Labute approximate surface area is 93.8 Å². The third kappa shape index (κ3) is 2.73. The van der Waals surface area contributed by atoms with Gasteiger partial charge < -0.3 is 14.6 Å². The van der Waals surface area contributed by atoms with Crippen molar-refractivity contribution < 1.29 is 19.4 Å². The standard InChI is InChI=1S/C12H14O4/c13-12(14)9-4-3-5-10(8-9)16-11-6-1-2-7-15-11/h3-5,8,11H,1-2,6-7H2,(H,13,14). The van der Waals surface area contributed by atoms with Gasteiger partial charge >= 0.3 is 5.97 Å². The third-order valence-electron chi connectivity index (χ3n) is 2.49. The molecule has 0 radical (unpaired) electrons. The lowest BCUT2D eigenvalue weighted by molar-refractivity contribution is -0.105. The van der Waals surface area contributed by atoms with Crippen LogP contribution in [0.15, 0.2) is 24.3 Å². The smallest absolute Gasteiger partial charge is 0.335 e. The predicted octanol–water partition coefficient (Wildman–Crippen LogP) is 2.29. The lowest BCUT2D eigenvalue weighted by Crippen LogP contribution is -2.25. The van der Waals surface area contributed by atoms with Gasteiger partial charge in [0.2, 0.25) is 0 Å². The number of hydrogen-bond donors (Lipinski definition) is 1. The van der Waals surface area contributed by atoms with Gasteiger partial charge in [0.25, 0.3) is 0 Å². The normalized spacial score (nSPS) is 20.4. The molecule has 0 aliphatic carbocycles. The van der Waals surface area contributed by atoms with Crippen molar-refractivity contribution in [1.29, 1.82) is 0 Å². The molecule has 4 heteroatoms. The molecule has 1 fully saturated rings. The molecule has 16 heavy (non-hydrogen) atoms. The van der Waals surface area contributed by atoms with Crippen molar-refractivity contribution in [3.05, 3.63) is 29.8 Å². The van der Waals surface area contributed by atoms with E-state index in [1.807, 2.05) is 0 Å². The summed E-state index contributed by atoms with van der Waals surface area (Å²) in [4.78, 5) is 10.8. The van der Waals surface area contributed by atoms with Crippen molar-refractivity contribution >= 4 is 5.97 Å². The maximum atomic E-state index is 10.8. The number of benzene rings is 1. The fourth-order valence-corrected chi connectivity index (χ4v) is 1.66. The fraction of sp³-hybridized carbons (Fsp3) is 0.417. The first kappa shape index (κ1) is 11.0. The van der Waals surface area contributed by atoms with Crippen molar-refractivity contribution in [3.8, 4) is 5.75 Å². The average molecular weight is 222 g/mol. The Morgan fingerprint density at radius 1 is 1.44 bits per heavy atom. The van der Waals surface area contributed by atoms with E-state index >= 15 is 0 Å². The van der Waals surface area contributed by atoms with Crippen molar-refractivity contribution in [3.63, 3.8) is 0 Å². The summed E-state index contributed by atoms with van der Waals surface area (Å²) in [5.74, 6) is -0.401. The van der Waals surface area contributed by atoms with E-state index in [4.69, 9.17) is 14.6 Å². The quantitative estimate of drug-likeness (QED) is 0.852. The number of carboxylic acids is 1. The summed E-state index contributed by atoms with van der Waals surface area (Å²) in [6.45, 7) is 0.712. The molecule has 1 heterocycles. The molecule has 0 spiro atoms. The van der Waals surface area contributed by atoms with Crippen LogP contribution in [0.2, 0.25) is 0 Å². The van der Waals surface area contributed by atoms with Gasteiger partial charge in [0.15, 0.2) is 6.29 Å². The zero-order valence-corrected chi connectivity index (χ0v) is 8.89. The number of hydrogen-bond acceptors (Lipinski definition) is 3. The summed E-state index contributed by atoms with van der Waals surface area (Å²) in [7, 11) is 0. The fourth-order valence-electron chi connectivity index (χ4n) is 1.66. The van der Waals surface area contributed by atoms with Gasteiger partial charge in [-0.3, -0.25) is 0 Å². The first-order valence-electron chi connectivity index (χ1n) is 5.37. The Bertz CT molecular complexity index is 369. The van der Waals surface area contributed by atoms with E-state index in [1.54, 1.807) is 12.1 Å². The molecule has 0 bridgehead atoms. The molecular weight excluding hydrogens is 208 g/mol. The number of carboxylic acid groups (broad SMARTS) is 1. The van der Waals surface area contributed by atoms with Crippen LogP contribution in [0, 0.1) is 0 Å². The Morgan fingerprint density at radius 2 is 2.31 bits per heavy atom. The summed E-state index contributed by atoms with van der Waals surface area (Å²) < 4.78 is 11.0. The molecule has 1 saturated heterocycles. The van der Waals surface area contributed by atoms with E-state index in [2.05, 4.69) is 0 Å². The highest BCUT2D eigenvalue weighted by Crippen LogP contribution is 2.20. The van der Waals surface area contributed by atoms with Crippen LogP contribution in [0.4, 0.5) is 0 Å². The minimum absolute atomic E-state index is 0.230. The Kier molecular flexibility index (Phi) is 3.41. The highest BCUT2D eigenvalue weighted by molar-refractivity contribution is 5.87. The van der Waals surface area contributed by atoms with Crippen LogP contribution in [0.1, 0.15) is 29.6 Å². The van der Waals surface area contributed by atoms with Crippen LogP contribution in [-0.2, 0) is 4.74 Å². The SMILES string of the molecule is O=C(O)c1cccc(OC2CCCCO2)c1. The summed E-state index contributed by atoms with van der Waals surface area (Å²) in [6, 6.07) is 6.46. The molecular formula is C12H14O4.